The van der Waals surface area contributed by atoms with E-state index in [2.05, 4.69) is 46.8 Å². The van der Waals surface area contributed by atoms with Crippen LogP contribution in [0, 0.1) is 0 Å². The highest BCUT2D eigenvalue weighted by atomic mass is 79.9. The van der Waals surface area contributed by atoms with Gasteiger partial charge in [-0.05, 0) is 53.2 Å². The van der Waals surface area contributed by atoms with Gasteiger partial charge in [-0.15, -0.1) is 0 Å². The molecule has 0 aromatic heterocycles. The molecule has 1 fully saturated rings. The molecule has 1 heterocycles. The summed E-state index contributed by atoms with van der Waals surface area (Å²) < 4.78 is 6.53. The lowest BCUT2D eigenvalue weighted by Gasteiger charge is -2.38. The van der Waals surface area contributed by atoms with Crippen LogP contribution in [0.15, 0.2) is 34.0 Å². The number of hydrogen-bond acceptors (Lipinski definition) is 3. The Hall–Kier alpha value is -1.23. The molecule has 136 valence electrons. The number of rotatable bonds is 4. The molecule has 24 heavy (non-hydrogen) atoms. The summed E-state index contributed by atoms with van der Waals surface area (Å²) >= 11 is 3.52. The van der Waals surface area contributed by atoms with E-state index in [0.29, 0.717) is 13.1 Å². The first kappa shape index (κ1) is 20.8. The monoisotopic (exact) mass is 398 g/mol. The summed E-state index contributed by atoms with van der Waals surface area (Å²) in [4.78, 5) is 16.3. The van der Waals surface area contributed by atoms with Crippen molar-refractivity contribution in [2.75, 3.05) is 26.2 Å². The van der Waals surface area contributed by atoms with Crippen molar-refractivity contribution in [1.82, 2.24) is 9.80 Å². The molecule has 0 radical (unpaired) electrons. The van der Waals surface area contributed by atoms with Crippen molar-refractivity contribution in [1.29, 1.82) is 0 Å². The Morgan fingerprint density at radius 3 is 2.12 bits per heavy atom. The molecule has 0 aromatic rings. The largest absolute Gasteiger partial charge is 0.444 e. The minimum atomic E-state index is -0.445. The van der Waals surface area contributed by atoms with Crippen LogP contribution in [0.25, 0.3) is 0 Å². The van der Waals surface area contributed by atoms with Gasteiger partial charge in [0.05, 0.1) is 0 Å². The number of carbonyl (C=O) groups excluding carboxylic acids is 1. The third-order valence-corrected chi connectivity index (χ3v) is 4.64. The molecule has 1 rings (SSSR count). The summed E-state index contributed by atoms with van der Waals surface area (Å²) in [5.74, 6) is 0. The van der Waals surface area contributed by atoms with Crippen LogP contribution in [-0.4, -0.2) is 47.7 Å². The minimum Gasteiger partial charge on any atom is -0.444 e. The number of ether oxygens (including phenoxy) is 1. The second-order valence-electron chi connectivity index (χ2n) is 6.98. The lowest BCUT2D eigenvalue weighted by Crippen LogP contribution is -2.49. The van der Waals surface area contributed by atoms with E-state index >= 15 is 0 Å². The Morgan fingerprint density at radius 1 is 1.12 bits per heavy atom. The number of piperazine rings is 1. The van der Waals surface area contributed by atoms with Gasteiger partial charge in [-0.3, -0.25) is 0 Å². The van der Waals surface area contributed by atoms with Gasteiger partial charge in [0.1, 0.15) is 5.60 Å². The molecule has 5 heteroatoms. The smallest absolute Gasteiger partial charge is 0.410 e. The molecular formula is C19H31BrN2O2. The second-order valence-corrected chi connectivity index (χ2v) is 7.90. The van der Waals surface area contributed by atoms with Crippen LogP contribution in [-0.2, 0) is 4.74 Å². The third-order valence-electron chi connectivity index (χ3n) is 3.92. The molecule has 0 spiro atoms. The minimum absolute atomic E-state index is 0.216. The lowest BCUT2D eigenvalue weighted by molar-refractivity contribution is 0.0170. The van der Waals surface area contributed by atoms with Crippen molar-refractivity contribution in [3.8, 4) is 0 Å². The van der Waals surface area contributed by atoms with E-state index in [-0.39, 0.29) is 6.09 Å². The van der Waals surface area contributed by atoms with Crippen molar-refractivity contribution in [2.45, 2.75) is 53.6 Å². The highest BCUT2D eigenvalue weighted by Gasteiger charge is 2.26. The normalized spacial score (nSPS) is 18.0. The first-order valence-corrected chi connectivity index (χ1v) is 9.39. The first-order chi connectivity index (χ1) is 11.2. The highest BCUT2D eigenvalue weighted by Crippen LogP contribution is 2.20. The molecule has 4 nitrogen and oxygen atoms in total. The van der Waals surface area contributed by atoms with Crippen LogP contribution >= 0.6 is 15.9 Å². The number of nitrogens with zero attached hydrogens (tertiary/aromatic N) is 2. The average molecular weight is 399 g/mol. The average Bonchev–Trinajstić information content (AvgIpc) is 2.53. The van der Waals surface area contributed by atoms with E-state index in [1.807, 2.05) is 33.8 Å². The summed E-state index contributed by atoms with van der Waals surface area (Å²) in [6.07, 6.45) is 7.06. The molecule has 0 unspecified atom stereocenters. The highest BCUT2D eigenvalue weighted by molar-refractivity contribution is 9.11. The van der Waals surface area contributed by atoms with Crippen molar-refractivity contribution in [3.05, 3.63) is 34.0 Å². The predicted octanol–water partition coefficient (Wildman–Crippen LogP) is 5.08. The van der Waals surface area contributed by atoms with Gasteiger partial charge in [0, 0.05) is 36.4 Å². The zero-order valence-corrected chi connectivity index (χ0v) is 17.4. The van der Waals surface area contributed by atoms with Gasteiger partial charge in [-0.1, -0.05) is 34.5 Å². The number of amides is 1. The fourth-order valence-corrected chi connectivity index (χ4v) is 2.54. The van der Waals surface area contributed by atoms with E-state index in [9.17, 15) is 4.79 Å². The van der Waals surface area contributed by atoms with Crippen LogP contribution < -0.4 is 0 Å². The second kappa shape index (κ2) is 9.30. The standard InChI is InChI=1S/C19H31BrN2O2/c1-7-15(3)17(10-9-16(20)8-2)21-11-13-22(14-12-21)18(23)24-19(4,5)6/h8-10H,7,11-14H2,1-6H3/b10-9-,16-8+,17-15-. The van der Waals surface area contributed by atoms with E-state index in [4.69, 9.17) is 4.74 Å². The van der Waals surface area contributed by atoms with Gasteiger partial charge in [0.25, 0.3) is 0 Å². The van der Waals surface area contributed by atoms with E-state index in [1.54, 1.807) is 4.90 Å². The quantitative estimate of drug-likeness (QED) is 0.619. The third kappa shape index (κ3) is 6.71. The Kier molecular flexibility index (Phi) is 8.07. The topological polar surface area (TPSA) is 32.8 Å². The van der Waals surface area contributed by atoms with Crippen LogP contribution in [0.4, 0.5) is 4.79 Å². The maximum Gasteiger partial charge on any atom is 0.410 e. The van der Waals surface area contributed by atoms with Gasteiger partial charge >= 0.3 is 6.09 Å². The van der Waals surface area contributed by atoms with Crippen LogP contribution in [0.2, 0.25) is 0 Å². The number of allylic oxidation sites excluding steroid dienone is 5. The van der Waals surface area contributed by atoms with E-state index < -0.39 is 5.60 Å². The van der Waals surface area contributed by atoms with Crippen molar-refractivity contribution in [2.24, 2.45) is 0 Å². The lowest BCUT2D eigenvalue weighted by atomic mass is 10.1. The molecule has 0 saturated carbocycles. The maximum atomic E-state index is 12.2. The fourth-order valence-electron chi connectivity index (χ4n) is 2.41. The molecular weight excluding hydrogens is 368 g/mol. The maximum absolute atomic E-state index is 12.2. The summed E-state index contributed by atoms with van der Waals surface area (Å²) in [6.45, 7) is 15.1. The Balaban J connectivity index is 2.76. The Morgan fingerprint density at radius 2 is 1.67 bits per heavy atom. The summed E-state index contributed by atoms with van der Waals surface area (Å²) in [5.41, 5.74) is 2.16. The number of carbonyl (C=O) groups is 1. The molecule has 0 aromatic carbocycles. The number of hydrogen-bond donors (Lipinski definition) is 0. The fraction of sp³-hybridized carbons (Fsp3) is 0.632. The first-order valence-electron chi connectivity index (χ1n) is 8.60. The SMILES string of the molecule is C\C=C(Br)/C=C\C(=C(/C)CC)N1CCN(C(=O)OC(C)(C)C)CC1. The molecule has 0 bridgehead atoms. The van der Waals surface area contributed by atoms with Gasteiger partial charge in [-0.2, -0.15) is 0 Å². The zero-order chi connectivity index (χ0) is 18.3. The molecule has 0 aliphatic carbocycles. The molecule has 0 atom stereocenters. The van der Waals surface area contributed by atoms with Crippen molar-refractivity contribution < 1.29 is 9.53 Å². The summed E-state index contributed by atoms with van der Waals surface area (Å²) in [7, 11) is 0. The number of halogens is 1. The van der Waals surface area contributed by atoms with E-state index in [1.165, 1.54) is 11.3 Å². The summed E-state index contributed by atoms with van der Waals surface area (Å²) in [5, 5.41) is 0. The van der Waals surface area contributed by atoms with Gasteiger partial charge in [0.15, 0.2) is 0 Å². The molecule has 0 N–H and O–H groups in total. The molecule has 1 aliphatic rings. The van der Waals surface area contributed by atoms with Gasteiger partial charge in [0.2, 0.25) is 0 Å². The van der Waals surface area contributed by atoms with Crippen molar-refractivity contribution >= 4 is 22.0 Å². The van der Waals surface area contributed by atoms with E-state index in [0.717, 1.165) is 24.0 Å². The van der Waals surface area contributed by atoms with Gasteiger partial charge < -0.3 is 14.5 Å². The van der Waals surface area contributed by atoms with Crippen LogP contribution in [0.5, 0.6) is 0 Å². The van der Waals surface area contributed by atoms with Crippen LogP contribution in [0.1, 0.15) is 48.0 Å². The Bertz CT molecular complexity index is 522. The molecule has 1 aliphatic heterocycles. The van der Waals surface area contributed by atoms with Gasteiger partial charge in [-0.25, -0.2) is 4.79 Å². The zero-order valence-electron chi connectivity index (χ0n) is 15.9. The summed E-state index contributed by atoms with van der Waals surface area (Å²) in [6, 6.07) is 0. The Labute approximate surface area is 155 Å². The molecule has 1 amide bonds. The van der Waals surface area contributed by atoms with Crippen LogP contribution in [0.3, 0.4) is 0 Å². The molecule has 1 saturated heterocycles. The van der Waals surface area contributed by atoms with Crippen molar-refractivity contribution in [3.63, 3.8) is 0 Å². The predicted molar refractivity (Wildman–Crippen MR) is 104 cm³/mol.